The Labute approximate surface area is 101 Å². The summed E-state index contributed by atoms with van der Waals surface area (Å²) in [5.41, 5.74) is 0. The summed E-state index contributed by atoms with van der Waals surface area (Å²) < 4.78 is 24.2. The van der Waals surface area contributed by atoms with Crippen molar-refractivity contribution in [2.45, 2.75) is 13.8 Å². The Morgan fingerprint density at radius 1 is 1.47 bits per heavy atom. The van der Waals surface area contributed by atoms with Crippen LogP contribution >= 0.6 is 0 Å². The van der Waals surface area contributed by atoms with Gasteiger partial charge >= 0.3 is 0 Å². The van der Waals surface area contributed by atoms with E-state index in [0.717, 1.165) is 6.92 Å². The van der Waals surface area contributed by atoms with Gasteiger partial charge in [-0.25, -0.2) is 12.7 Å². The molecule has 0 aromatic rings. The zero-order valence-corrected chi connectivity index (χ0v) is 10.6. The number of sulfonamides is 1. The molecule has 0 bridgehead atoms. The second kappa shape index (κ2) is 6.66. The maximum Gasteiger partial charge on any atom is 0.266 e. The zero-order valence-electron chi connectivity index (χ0n) is 9.75. The van der Waals surface area contributed by atoms with E-state index in [4.69, 9.17) is 5.26 Å². The van der Waals surface area contributed by atoms with Gasteiger partial charge in [-0.2, -0.15) is 5.26 Å². The second-order valence-corrected chi connectivity index (χ2v) is 4.96. The van der Waals surface area contributed by atoms with Crippen LogP contribution < -0.4 is 0 Å². The number of hydrogen-bond acceptors (Lipinski definition) is 4. The Hall–Kier alpha value is -1.87. The highest BCUT2D eigenvalue weighted by Crippen LogP contribution is 2.12. The average Bonchev–Trinajstić information content (AvgIpc) is 2.25. The Morgan fingerprint density at radius 3 is 2.47 bits per heavy atom. The molecule has 5 nitrogen and oxygen atoms in total. The molecule has 0 atom stereocenters. The van der Waals surface area contributed by atoms with Crippen LogP contribution in [0.2, 0.25) is 0 Å². The third-order valence-corrected chi connectivity index (χ3v) is 3.54. The first-order valence-electron chi connectivity index (χ1n) is 4.76. The summed E-state index contributed by atoms with van der Waals surface area (Å²) in [4.78, 5) is 10.9. The van der Waals surface area contributed by atoms with E-state index in [1.807, 2.05) is 0 Å². The fourth-order valence-corrected chi connectivity index (χ4v) is 2.03. The number of carbonyl (C=O) groups excluding carboxylic acids is 1. The first kappa shape index (κ1) is 15.1. The monoisotopic (exact) mass is 254 g/mol. The molecular formula is C11H14N2O3S. The highest BCUT2D eigenvalue weighted by atomic mass is 32.2. The summed E-state index contributed by atoms with van der Waals surface area (Å²) in [5.74, 6) is -0.716. The van der Waals surface area contributed by atoms with Crippen molar-refractivity contribution in [3.8, 4) is 6.07 Å². The number of rotatable bonds is 5. The fraction of sp³-hybridized carbons (Fsp3) is 0.273. The van der Waals surface area contributed by atoms with Gasteiger partial charge in [-0.3, -0.25) is 4.79 Å². The van der Waals surface area contributed by atoms with Crippen LogP contribution in [0.3, 0.4) is 0 Å². The average molecular weight is 254 g/mol. The van der Waals surface area contributed by atoms with Crippen LogP contribution in [0, 0.1) is 11.3 Å². The van der Waals surface area contributed by atoms with Gasteiger partial charge in [-0.05, 0) is 13.0 Å². The van der Waals surface area contributed by atoms with Crippen molar-refractivity contribution in [2.75, 3.05) is 6.54 Å². The van der Waals surface area contributed by atoms with Crippen LogP contribution in [0.25, 0.3) is 0 Å². The molecule has 6 heteroatoms. The lowest BCUT2D eigenvalue weighted by Crippen LogP contribution is -2.35. The van der Waals surface area contributed by atoms with E-state index in [1.54, 1.807) is 25.1 Å². The lowest BCUT2D eigenvalue weighted by atomic mass is 10.4. The van der Waals surface area contributed by atoms with E-state index in [2.05, 4.69) is 6.58 Å². The largest absolute Gasteiger partial charge is 0.274 e. The van der Waals surface area contributed by atoms with Crippen LogP contribution in [0.1, 0.15) is 13.8 Å². The smallest absolute Gasteiger partial charge is 0.266 e. The minimum Gasteiger partial charge on any atom is -0.274 e. The van der Waals surface area contributed by atoms with Gasteiger partial charge in [-0.1, -0.05) is 24.8 Å². The lowest BCUT2D eigenvalue weighted by molar-refractivity contribution is -0.123. The van der Waals surface area contributed by atoms with Crippen LogP contribution in [0.4, 0.5) is 0 Å². The molecule has 0 heterocycles. The van der Waals surface area contributed by atoms with E-state index in [-0.39, 0.29) is 4.91 Å². The highest BCUT2D eigenvalue weighted by Gasteiger charge is 2.26. The molecule has 0 aliphatic rings. The van der Waals surface area contributed by atoms with E-state index < -0.39 is 22.5 Å². The van der Waals surface area contributed by atoms with Crippen LogP contribution in [-0.4, -0.2) is 25.2 Å². The van der Waals surface area contributed by atoms with Gasteiger partial charge < -0.3 is 0 Å². The predicted molar refractivity (Wildman–Crippen MR) is 65.0 cm³/mol. The molecule has 0 N–H and O–H groups in total. The van der Waals surface area contributed by atoms with Crippen molar-refractivity contribution in [1.29, 1.82) is 5.26 Å². The molecule has 0 aliphatic carbocycles. The van der Waals surface area contributed by atoms with Crippen molar-refractivity contribution in [1.82, 2.24) is 4.31 Å². The molecule has 0 rings (SSSR count). The van der Waals surface area contributed by atoms with Gasteiger partial charge in [0.05, 0.1) is 11.0 Å². The topological polar surface area (TPSA) is 78.2 Å². The number of hydrogen-bond donors (Lipinski definition) is 0. The van der Waals surface area contributed by atoms with Crippen molar-refractivity contribution in [3.05, 3.63) is 35.8 Å². The van der Waals surface area contributed by atoms with Gasteiger partial charge in [0.1, 0.15) is 6.54 Å². The first-order chi connectivity index (χ1) is 7.87. The zero-order chi connectivity index (χ0) is 13.5. The number of allylic oxidation sites excluding steroid dienone is 4. The maximum absolute atomic E-state index is 11.8. The van der Waals surface area contributed by atoms with Crippen LogP contribution in [0.5, 0.6) is 0 Å². The third kappa shape index (κ3) is 4.25. The molecule has 1 amide bonds. The normalized spacial score (nSPS) is 11.6. The van der Waals surface area contributed by atoms with Gasteiger partial charge in [0.15, 0.2) is 0 Å². The van der Waals surface area contributed by atoms with E-state index in [0.29, 0.717) is 4.31 Å². The summed E-state index contributed by atoms with van der Waals surface area (Å²) in [6.07, 6.45) is 6.10. The fourth-order valence-electron chi connectivity index (χ4n) is 0.931. The summed E-state index contributed by atoms with van der Waals surface area (Å²) in [5, 5.41) is 8.48. The third-order valence-electron chi connectivity index (χ3n) is 1.77. The first-order valence-corrected chi connectivity index (χ1v) is 6.20. The lowest BCUT2D eigenvalue weighted by Gasteiger charge is -2.17. The summed E-state index contributed by atoms with van der Waals surface area (Å²) in [6.45, 7) is 5.71. The molecule has 0 saturated carbocycles. The molecule has 92 valence electrons. The number of nitrogens with zero attached hydrogens (tertiary/aromatic N) is 2. The van der Waals surface area contributed by atoms with Gasteiger partial charge in [-0.15, -0.1) is 0 Å². The summed E-state index contributed by atoms with van der Waals surface area (Å²) >= 11 is 0. The van der Waals surface area contributed by atoms with Crippen molar-refractivity contribution in [2.24, 2.45) is 0 Å². The number of carbonyl (C=O) groups is 1. The summed E-state index contributed by atoms with van der Waals surface area (Å²) in [6, 6.07) is 1.62. The molecule has 0 fully saturated rings. The minimum absolute atomic E-state index is 0.235. The Balaban J connectivity index is 5.18. The second-order valence-electron chi connectivity index (χ2n) is 3.04. The Kier molecular flexibility index (Phi) is 5.92. The van der Waals surface area contributed by atoms with Crippen molar-refractivity contribution in [3.63, 3.8) is 0 Å². The molecule has 0 unspecified atom stereocenters. The van der Waals surface area contributed by atoms with Crippen LogP contribution in [-0.2, 0) is 14.8 Å². The molecular weight excluding hydrogens is 240 g/mol. The van der Waals surface area contributed by atoms with E-state index in [1.165, 1.54) is 12.2 Å². The molecule has 17 heavy (non-hydrogen) atoms. The van der Waals surface area contributed by atoms with Crippen molar-refractivity contribution >= 4 is 15.9 Å². The van der Waals surface area contributed by atoms with Crippen molar-refractivity contribution < 1.29 is 13.2 Å². The van der Waals surface area contributed by atoms with Gasteiger partial charge in [0.25, 0.3) is 10.0 Å². The Morgan fingerprint density at radius 2 is 2.06 bits per heavy atom. The molecule has 0 aliphatic heterocycles. The molecule has 0 aromatic heterocycles. The predicted octanol–water partition coefficient (Wildman–Crippen LogP) is 1.33. The maximum atomic E-state index is 11.8. The number of nitriles is 1. The highest BCUT2D eigenvalue weighted by molar-refractivity contribution is 7.93. The Bertz CT molecular complexity index is 495. The number of amides is 1. The quantitative estimate of drug-likeness (QED) is 0.547. The van der Waals surface area contributed by atoms with E-state index in [9.17, 15) is 13.2 Å². The van der Waals surface area contributed by atoms with E-state index >= 15 is 0 Å². The molecule has 0 saturated heterocycles. The SMILES string of the molecule is C=C(/C=C\C=C/C)S(=O)(=O)N(CC#N)C(C)=O. The standard InChI is InChI=1S/C11H14N2O3S/c1-4-5-6-7-10(2)17(15,16)13(9-8-12)11(3)14/h4-7H,2,9H2,1,3H3/b5-4-,7-6-. The van der Waals surface area contributed by atoms with Gasteiger partial charge in [0, 0.05) is 6.92 Å². The summed E-state index contributed by atoms with van der Waals surface area (Å²) in [7, 11) is -4.00. The van der Waals surface area contributed by atoms with Crippen LogP contribution in [0.15, 0.2) is 35.8 Å². The molecule has 0 aromatic carbocycles. The van der Waals surface area contributed by atoms with Gasteiger partial charge in [0.2, 0.25) is 5.91 Å². The molecule has 0 spiro atoms. The minimum atomic E-state index is -4.00. The molecule has 0 radical (unpaired) electrons.